The van der Waals surface area contributed by atoms with Gasteiger partial charge in [0.05, 0.1) is 0 Å². The van der Waals surface area contributed by atoms with Crippen LogP contribution in [0.5, 0.6) is 0 Å². The van der Waals surface area contributed by atoms with Gasteiger partial charge in [0, 0.05) is 32.7 Å². The zero-order valence-corrected chi connectivity index (χ0v) is 7.12. The van der Waals surface area contributed by atoms with Gasteiger partial charge in [0.25, 0.3) is 0 Å². The van der Waals surface area contributed by atoms with E-state index in [1.165, 1.54) is 6.42 Å². The van der Waals surface area contributed by atoms with Gasteiger partial charge in [-0.3, -0.25) is 0 Å². The number of hydrogen-bond acceptors (Lipinski definition) is 0. The van der Waals surface area contributed by atoms with Crippen LogP contribution in [0.25, 0.3) is 0 Å². The molecule has 0 aliphatic rings. The first-order valence-electron chi connectivity index (χ1n) is 1.41. The largest absolute Gasteiger partial charge is 0.358 e. The van der Waals surface area contributed by atoms with Gasteiger partial charge in [0.1, 0.15) is 0 Å². The van der Waals surface area contributed by atoms with E-state index in [4.69, 9.17) is 0 Å². The minimum absolute atomic E-state index is 0. The second-order valence-electron chi connectivity index (χ2n) is 0.707. The molecule has 0 rings (SSSR count). The van der Waals surface area contributed by atoms with E-state index in [1.807, 2.05) is 0 Å². The second-order valence-corrected chi connectivity index (χ2v) is 0.707. The quantitative estimate of drug-likeness (QED) is 0.460. The average Bonchev–Trinajstić information content (AvgIpc) is 0.918. The Morgan fingerprint density at radius 2 is 1.20 bits per heavy atom. The fourth-order valence-corrected chi connectivity index (χ4v) is 0. The Labute approximate surface area is 60.2 Å². The molecule has 0 aromatic heterocycles. The van der Waals surface area contributed by atoms with Crippen LogP contribution < -0.4 is 0 Å². The normalized spacial score (nSPS) is 3.60. The van der Waals surface area contributed by atoms with E-state index < -0.39 is 0 Å². The molecule has 0 spiro atoms. The SMILES string of the molecule is CCC.[CH3-].[Y]. The first-order chi connectivity index (χ1) is 1.41. The summed E-state index contributed by atoms with van der Waals surface area (Å²) in [4.78, 5) is 0. The van der Waals surface area contributed by atoms with Crippen LogP contribution in [-0.2, 0) is 32.7 Å². The fraction of sp³-hybridized carbons (Fsp3) is 0.750. The van der Waals surface area contributed by atoms with E-state index in [2.05, 4.69) is 13.8 Å². The molecule has 0 aliphatic heterocycles. The van der Waals surface area contributed by atoms with Crippen molar-refractivity contribution in [3.05, 3.63) is 7.43 Å². The minimum atomic E-state index is 0. The van der Waals surface area contributed by atoms with Crippen molar-refractivity contribution in [2.45, 2.75) is 20.3 Å². The number of rotatable bonds is 0. The maximum absolute atomic E-state index is 2.12. The van der Waals surface area contributed by atoms with Gasteiger partial charge in [-0.15, -0.1) is 0 Å². The standard InChI is InChI=1S/C3H8.CH3.Y/c1-3-2;;/h3H2,1-2H3;1H3;/q;-1;. The Kier molecular flexibility index (Phi) is 64.1. The van der Waals surface area contributed by atoms with Crippen LogP contribution in [0.2, 0.25) is 0 Å². The van der Waals surface area contributed by atoms with E-state index in [-0.39, 0.29) is 40.1 Å². The Bertz CT molecular complexity index is 3.61. The summed E-state index contributed by atoms with van der Waals surface area (Å²) in [6.45, 7) is 4.25. The molecule has 0 aromatic rings. The predicted octanol–water partition coefficient (Wildman–Crippen LogP) is 1.86. The molecule has 1 radical (unpaired) electrons. The molecule has 0 unspecified atom stereocenters. The molecule has 0 saturated carbocycles. The summed E-state index contributed by atoms with van der Waals surface area (Å²) in [5.41, 5.74) is 0. The van der Waals surface area contributed by atoms with Crippen LogP contribution in [0, 0.1) is 7.43 Å². The third-order valence-corrected chi connectivity index (χ3v) is 0. The third kappa shape index (κ3) is 40.4. The van der Waals surface area contributed by atoms with Gasteiger partial charge in [-0.1, -0.05) is 20.3 Å². The summed E-state index contributed by atoms with van der Waals surface area (Å²) >= 11 is 0. The topological polar surface area (TPSA) is 0 Å². The maximum atomic E-state index is 2.12. The van der Waals surface area contributed by atoms with Gasteiger partial charge in [-0.05, 0) is 0 Å². The van der Waals surface area contributed by atoms with Crippen molar-refractivity contribution in [3.8, 4) is 0 Å². The van der Waals surface area contributed by atoms with E-state index in [9.17, 15) is 0 Å². The smallest absolute Gasteiger partial charge is 0 e. The summed E-state index contributed by atoms with van der Waals surface area (Å²) < 4.78 is 0. The van der Waals surface area contributed by atoms with Crippen molar-refractivity contribution >= 4 is 0 Å². The molecule has 0 nitrogen and oxygen atoms in total. The minimum Gasteiger partial charge on any atom is -0.358 e. The molecule has 0 atom stereocenters. The van der Waals surface area contributed by atoms with Gasteiger partial charge < -0.3 is 7.43 Å². The summed E-state index contributed by atoms with van der Waals surface area (Å²) in [6.07, 6.45) is 1.25. The van der Waals surface area contributed by atoms with Gasteiger partial charge in [0.15, 0.2) is 0 Å². The van der Waals surface area contributed by atoms with Gasteiger partial charge >= 0.3 is 0 Å². The van der Waals surface area contributed by atoms with E-state index in [0.717, 1.165) is 0 Å². The molecular weight excluding hydrogens is 137 g/mol. The predicted molar refractivity (Wildman–Crippen MR) is 22.4 cm³/mol. The Balaban J connectivity index is -0.0000000200. The van der Waals surface area contributed by atoms with Crippen molar-refractivity contribution in [1.82, 2.24) is 0 Å². The van der Waals surface area contributed by atoms with Crippen LogP contribution in [0.1, 0.15) is 20.3 Å². The van der Waals surface area contributed by atoms with Crippen molar-refractivity contribution in [3.63, 3.8) is 0 Å². The molecule has 0 aromatic carbocycles. The Morgan fingerprint density at radius 3 is 1.20 bits per heavy atom. The summed E-state index contributed by atoms with van der Waals surface area (Å²) in [6, 6.07) is 0. The molecule has 0 aliphatic carbocycles. The van der Waals surface area contributed by atoms with E-state index in [1.54, 1.807) is 0 Å². The summed E-state index contributed by atoms with van der Waals surface area (Å²) in [5, 5.41) is 0. The van der Waals surface area contributed by atoms with Gasteiger partial charge in [0.2, 0.25) is 0 Å². The average molecular weight is 148 g/mol. The van der Waals surface area contributed by atoms with Crippen LogP contribution in [0.15, 0.2) is 0 Å². The number of hydrogen-bond donors (Lipinski definition) is 0. The molecule has 31 valence electrons. The third-order valence-electron chi connectivity index (χ3n) is 0. The first-order valence-corrected chi connectivity index (χ1v) is 1.41. The van der Waals surface area contributed by atoms with Crippen LogP contribution in [0.4, 0.5) is 0 Å². The molecule has 0 bridgehead atoms. The van der Waals surface area contributed by atoms with Gasteiger partial charge in [-0.25, -0.2) is 0 Å². The maximum Gasteiger partial charge on any atom is 0 e. The summed E-state index contributed by atoms with van der Waals surface area (Å²) in [7, 11) is 0. The molecule has 1 heteroatoms. The molecule has 0 N–H and O–H groups in total. The molecule has 0 heterocycles. The van der Waals surface area contributed by atoms with Crippen molar-refractivity contribution in [2.75, 3.05) is 0 Å². The monoisotopic (exact) mass is 148 g/mol. The second kappa shape index (κ2) is 19.4. The molecule has 0 fully saturated rings. The Hall–Kier alpha value is 1.10. The Morgan fingerprint density at radius 1 is 1.20 bits per heavy atom. The molecule has 5 heavy (non-hydrogen) atoms. The zero-order valence-electron chi connectivity index (χ0n) is 4.28. The first kappa shape index (κ1) is 16.5. The van der Waals surface area contributed by atoms with Crippen LogP contribution in [0.3, 0.4) is 0 Å². The molecule has 0 amide bonds. The van der Waals surface area contributed by atoms with Gasteiger partial charge in [-0.2, -0.15) is 0 Å². The van der Waals surface area contributed by atoms with Crippen LogP contribution in [-0.4, -0.2) is 0 Å². The van der Waals surface area contributed by atoms with Crippen molar-refractivity contribution < 1.29 is 32.7 Å². The van der Waals surface area contributed by atoms with Crippen molar-refractivity contribution in [2.24, 2.45) is 0 Å². The van der Waals surface area contributed by atoms with E-state index >= 15 is 0 Å². The molecule has 0 saturated heterocycles. The summed E-state index contributed by atoms with van der Waals surface area (Å²) in [5.74, 6) is 0. The van der Waals surface area contributed by atoms with Crippen LogP contribution >= 0.6 is 0 Å². The van der Waals surface area contributed by atoms with Crippen molar-refractivity contribution in [1.29, 1.82) is 0 Å². The molecular formula is C4H11Y-. The fourth-order valence-electron chi connectivity index (χ4n) is 0. The van der Waals surface area contributed by atoms with E-state index in [0.29, 0.717) is 0 Å². The zero-order chi connectivity index (χ0) is 2.71.